The van der Waals surface area contributed by atoms with E-state index >= 15 is 0 Å². The molecule has 0 fully saturated rings. The molecule has 5 atom stereocenters. The van der Waals surface area contributed by atoms with Crippen molar-refractivity contribution in [3.8, 4) is 0 Å². The van der Waals surface area contributed by atoms with Gasteiger partial charge in [-0.2, -0.15) is 0 Å². The zero-order valence-electron chi connectivity index (χ0n) is 71.3. The minimum atomic E-state index is -4.97. The Morgan fingerprint density at radius 3 is 0.630 bits per heavy atom. The van der Waals surface area contributed by atoms with Crippen molar-refractivity contribution in [1.29, 1.82) is 0 Å². The van der Waals surface area contributed by atoms with Gasteiger partial charge in [0.1, 0.15) is 19.3 Å². The Kier molecular flexibility index (Phi) is 77.5. The van der Waals surface area contributed by atoms with Gasteiger partial charge in [0.15, 0.2) is 12.2 Å². The lowest BCUT2D eigenvalue weighted by Crippen LogP contribution is -2.30. The van der Waals surface area contributed by atoms with E-state index in [2.05, 4.69) is 48.5 Å². The minimum Gasteiger partial charge on any atom is -0.462 e. The summed E-state index contributed by atoms with van der Waals surface area (Å²) in [6.45, 7) is 12.0. The van der Waals surface area contributed by atoms with Gasteiger partial charge in [0.2, 0.25) is 0 Å². The zero-order chi connectivity index (χ0) is 79.3. The van der Waals surface area contributed by atoms with Gasteiger partial charge in [0, 0.05) is 25.7 Å². The van der Waals surface area contributed by atoms with Crippen LogP contribution < -0.4 is 0 Å². The minimum absolute atomic E-state index is 0.106. The Morgan fingerprint density at radius 1 is 0.250 bits per heavy atom. The Bertz CT molecular complexity index is 2080. The highest BCUT2D eigenvalue weighted by molar-refractivity contribution is 7.47. The molecular formula is C89H174O17P2. The maximum absolute atomic E-state index is 13.2. The molecule has 3 N–H and O–H groups in total. The van der Waals surface area contributed by atoms with Gasteiger partial charge in [-0.25, -0.2) is 9.13 Å². The largest absolute Gasteiger partial charge is 0.472 e. The predicted molar refractivity (Wildman–Crippen MR) is 446 cm³/mol. The van der Waals surface area contributed by atoms with E-state index in [1.165, 1.54) is 283 Å². The summed E-state index contributed by atoms with van der Waals surface area (Å²) in [4.78, 5) is 73.3. The third-order valence-electron chi connectivity index (χ3n) is 20.9. The second kappa shape index (κ2) is 78.9. The molecule has 0 aromatic carbocycles. The predicted octanol–water partition coefficient (Wildman–Crippen LogP) is 27.3. The summed E-state index contributed by atoms with van der Waals surface area (Å²) < 4.78 is 69.0. The lowest BCUT2D eigenvalue weighted by Gasteiger charge is -2.21. The number of rotatable bonds is 87. The first-order valence-electron chi connectivity index (χ1n) is 45.8. The van der Waals surface area contributed by atoms with Crippen molar-refractivity contribution in [3.63, 3.8) is 0 Å². The van der Waals surface area contributed by atoms with Crippen LogP contribution in [0.5, 0.6) is 0 Å². The van der Waals surface area contributed by atoms with Gasteiger partial charge in [-0.3, -0.25) is 37.3 Å². The maximum Gasteiger partial charge on any atom is 0.472 e. The number of ether oxygens (including phenoxy) is 4. The van der Waals surface area contributed by atoms with Gasteiger partial charge in [-0.15, -0.1) is 0 Å². The molecule has 0 bridgehead atoms. The van der Waals surface area contributed by atoms with Crippen LogP contribution in [0.4, 0.5) is 0 Å². The van der Waals surface area contributed by atoms with Gasteiger partial charge >= 0.3 is 39.5 Å². The zero-order valence-corrected chi connectivity index (χ0v) is 73.1. The second-order valence-corrected chi connectivity index (χ2v) is 36.3. The van der Waals surface area contributed by atoms with Gasteiger partial charge in [-0.05, 0) is 43.4 Å². The van der Waals surface area contributed by atoms with Crippen LogP contribution in [0.25, 0.3) is 0 Å². The molecule has 108 heavy (non-hydrogen) atoms. The fraction of sp³-hybridized carbons (Fsp3) is 0.955. The van der Waals surface area contributed by atoms with E-state index in [0.29, 0.717) is 25.7 Å². The molecule has 0 aromatic heterocycles. The van der Waals surface area contributed by atoms with Gasteiger partial charge in [-0.1, -0.05) is 421 Å². The number of phosphoric ester groups is 2. The highest BCUT2D eigenvalue weighted by Crippen LogP contribution is 2.45. The first-order valence-corrected chi connectivity index (χ1v) is 48.8. The standard InChI is InChI=1S/C89H174O17P2/c1-8-9-10-11-12-13-14-15-16-17-18-19-20-21-26-29-32-37-42-51-58-65-72-88(93)105-84(76-99-86(91)70-63-56-49-41-36-31-28-25-23-22-24-27-30-34-39-46-53-60-67-80(2)3)78-103-107(95,96)101-74-83(90)75-102-108(97,98)104-79-85(77-100-87(92)71-64-57-50-45-44-48-55-62-69-82(6)7)106-89(94)73-66-59-52-43-38-33-35-40-47-54-61-68-81(4)5/h80-85,90H,8-79H2,1-7H3,(H,95,96)(H,97,98)/t83-,84-,85-/m1/s1. The molecule has 0 radical (unpaired) electrons. The third kappa shape index (κ3) is 82.1. The quantitative estimate of drug-likeness (QED) is 0.0222. The molecule has 0 aliphatic rings. The third-order valence-corrected chi connectivity index (χ3v) is 22.8. The van der Waals surface area contributed by atoms with Crippen LogP contribution in [0.1, 0.15) is 472 Å². The maximum atomic E-state index is 13.2. The smallest absolute Gasteiger partial charge is 0.462 e. The van der Waals surface area contributed by atoms with E-state index < -0.39 is 97.5 Å². The summed E-state index contributed by atoms with van der Waals surface area (Å²) in [7, 11) is -9.93. The fourth-order valence-corrected chi connectivity index (χ4v) is 15.5. The molecule has 0 heterocycles. The molecule has 0 spiro atoms. The van der Waals surface area contributed by atoms with Crippen LogP contribution in [0.15, 0.2) is 0 Å². The normalized spacial score (nSPS) is 13.8. The molecule has 2 unspecified atom stereocenters. The Balaban J connectivity index is 5.22. The number of carbonyl (C=O) groups is 4. The van der Waals surface area contributed by atoms with Crippen molar-refractivity contribution < 1.29 is 80.2 Å². The van der Waals surface area contributed by atoms with E-state index in [1.807, 2.05) is 0 Å². The second-order valence-electron chi connectivity index (χ2n) is 33.4. The van der Waals surface area contributed by atoms with Gasteiger partial charge in [0.25, 0.3) is 0 Å². The molecule has 0 amide bonds. The molecule has 0 aliphatic heterocycles. The number of aliphatic hydroxyl groups excluding tert-OH is 1. The molecule has 0 aromatic rings. The highest BCUT2D eigenvalue weighted by Gasteiger charge is 2.31. The summed E-state index contributed by atoms with van der Waals surface area (Å²) in [5.41, 5.74) is 0. The van der Waals surface area contributed by atoms with E-state index in [1.54, 1.807) is 0 Å². The van der Waals surface area contributed by atoms with Crippen LogP contribution >= 0.6 is 15.6 Å². The van der Waals surface area contributed by atoms with Crippen LogP contribution in [0.3, 0.4) is 0 Å². The molecule has 0 rings (SSSR count). The van der Waals surface area contributed by atoms with Crippen molar-refractivity contribution in [1.82, 2.24) is 0 Å². The fourth-order valence-electron chi connectivity index (χ4n) is 13.9. The van der Waals surface area contributed by atoms with E-state index in [0.717, 1.165) is 108 Å². The number of hydrogen-bond acceptors (Lipinski definition) is 15. The molecular weight excluding hydrogens is 1400 g/mol. The van der Waals surface area contributed by atoms with Crippen LogP contribution in [-0.4, -0.2) is 96.7 Å². The van der Waals surface area contributed by atoms with E-state index in [-0.39, 0.29) is 25.7 Å². The summed E-state index contributed by atoms with van der Waals surface area (Å²) >= 11 is 0. The summed E-state index contributed by atoms with van der Waals surface area (Å²) in [6, 6.07) is 0. The van der Waals surface area contributed by atoms with Crippen molar-refractivity contribution >= 4 is 39.5 Å². The van der Waals surface area contributed by atoms with E-state index in [9.17, 15) is 43.2 Å². The van der Waals surface area contributed by atoms with E-state index in [4.69, 9.17) is 37.0 Å². The van der Waals surface area contributed by atoms with Gasteiger partial charge < -0.3 is 33.8 Å². The Hall–Kier alpha value is -1.94. The molecule has 0 saturated heterocycles. The number of phosphoric acid groups is 2. The van der Waals surface area contributed by atoms with Crippen molar-refractivity contribution in [2.24, 2.45) is 17.8 Å². The van der Waals surface area contributed by atoms with Crippen molar-refractivity contribution in [3.05, 3.63) is 0 Å². The van der Waals surface area contributed by atoms with Crippen molar-refractivity contribution in [2.45, 2.75) is 491 Å². The number of hydrogen-bond donors (Lipinski definition) is 3. The Morgan fingerprint density at radius 2 is 0.426 bits per heavy atom. The van der Waals surface area contributed by atoms with Crippen LogP contribution in [0, 0.1) is 17.8 Å². The lowest BCUT2D eigenvalue weighted by atomic mass is 10.0. The first kappa shape index (κ1) is 106. The summed E-state index contributed by atoms with van der Waals surface area (Å²) in [5.74, 6) is 0.211. The SMILES string of the molecule is CCCCCCCCCCCCCCCCCCCCCCCCC(=O)O[C@H](COC(=O)CCCCCCCCCCCCCCCCCCCCC(C)C)COP(=O)(O)OC[C@@H](O)COP(=O)(O)OC[C@@H](COC(=O)CCCCCCCCCCC(C)C)OC(=O)CCCCCCCCCCCCCC(C)C. The number of unbranched alkanes of at least 4 members (excludes halogenated alkanes) is 55. The number of carbonyl (C=O) groups excluding carboxylic acids is 4. The summed E-state index contributed by atoms with van der Waals surface area (Å²) in [6.07, 6.45) is 71.1. The summed E-state index contributed by atoms with van der Waals surface area (Å²) in [5, 5.41) is 10.7. The molecule has 19 heteroatoms. The number of esters is 4. The van der Waals surface area contributed by atoms with Gasteiger partial charge in [0.05, 0.1) is 26.4 Å². The molecule has 0 aliphatic carbocycles. The topological polar surface area (TPSA) is 237 Å². The van der Waals surface area contributed by atoms with Crippen molar-refractivity contribution in [2.75, 3.05) is 39.6 Å². The molecule has 17 nitrogen and oxygen atoms in total. The van der Waals surface area contributed by atoms with Crippen LogP contribution in [0.2, 0.25) is 0 Å². The first-order chi connectivity index (χ1) is 52.2. The Labute approximate surface area is 664 Å². The average Bonchev–Trinajstić information content (AvgIpc) is 0.901. The number of aliphatic hydroxyl groups is 1. The van der Waals surface area contributed by atoms with Crippen LogP contribution in [-0.2, 0) is 65.4 Å². The average molecular weight is 1580 g/mol. The molecule has 642 valence electrons. The lowest BCUT2D eigenvalue weighted by molar-refractivity contribution is -0.161. The monoisotopic (exact) mass is 1580 g/mol. The molecule has 0 saturated carbocycles. The highest BCUT2D eigenvalue weighted by atomic mass is 31.2.